The first-order valence-electron chi connectivity index (χ1n) is 23.8. The van der Waals surface area contributed by atoms with Crippen molar-refractivity contribution in [2.75, 3.05) is 0 Å². The Labute approximate surface area is 339 Å². The largest absolute Gasteiger partial charge is 0.456 e. The first-order valence-corrected chi connectivity index (χ1v) is 17.8. The van der Waals surface area contributed by atoms with Crippen LogP contribution >= 0.6 is 0 Å². The molecule has 0 saturated heterocycles. The fourth-order valence-corrected chi connectivity index (χ4v) is 7.30. The molecule has 11 aromatic rings. The number of aromatic nitrogens is 4. The summed E-state index contributed by atoms with van der Waals surface area (Å²) >= 11 is 0. The van der Waals surface area contributed by atoms with Crippen LogP contribution in [0.15, 0.2) is 198 Å². The summed E-state index contributed by atoms with van der Waals surface area (Å²) < 4.78 is 115. The summed E-state index contributed by atoms with van der Waals surface area (Å²) in [4.78, 5) is 15.1. The van der Waals surface area contributed by atoms with E-state index in [1.54, 1.807) is 24.3 Å². The van der Waals surface area contributed by atoms with Crippen LogP contribution in [-0.2, 0) is 0 Å². The Hall–Kier alpha value is -7.63. The highest BCUT2D eigenvalue weighted by atomic mass is 16.3. The summed E-state index contributed by atoms with van der Waals surface area (Å²) in [5, 5.41) is 1.43. The van der Waals surface area contributed by atoms with Crippen LogP contribution in [-0.4, -0.2) is 19.5 Å². The van der Waals surface area contributed by atoms with Gasteiger partial charge in [-0.3, -0.25) is 0 Å². The minimum atomic E-state index is -0.712. The molecule has 56 heavy (non-hydrogen) atoms. The van der Waals surface area contributed by atoms with Crippen molar-refractivity contribution in [3.8, 4) is 62.1 Å². The molecule has 0 N–H and O–H groups in total. The predicted octanol–water partition coefficient (Wildman–Crippen LogP) is 13.2. The third kappa shape index (κ3) is 5.29. The van der Waals surface area contributed by atoms with Gasteiger partial charge in [-0.15, -0.1) is 0 Å². The van der Waals surface area contributed by atoms with Gasteiger partial charge in [-0.2, -0.15) is 0 Å². The number of benzene rings is 8. The summed E-state index contributed by atoms with van der Waals surface area (Å²) in [6, 6.07) is 30.1. The van der Waals surface area contributed by atoms with E-state index in [9.17, 15) is 4.11 Å². The molecule has 5 nitrogen and oxygen atoms in total. The fourth-order valence-electron chi connectivity index (χ4n) is 7.30. The smallest absolute Gasteiger partial charge is 0.164 e. The zero-order chi connectivity index (χ0) is 47.4. The third-order valence-electron chi connectivity index (χ3n) is 9.88. The lowest BCUT2D eigenvalue weighted by atomic mass is 9.96. The van der Waals surface area contributed by atoms with Crippen molar-refractivity contribution in [2.45, 2.75) is 0 Å². The second-order valence-corrected chi connectivity index (χ2v) is 13.1. The molecule has 0 atom stereocenters. The van der Waals surface area contributed by atoms with Gasteiger partial charge in [-0.05, 0) is 53.0 Å². The van der Waals surface area contributed by atoms with Gasteiger partial charge in [0, 0.05) is 49.5 Å². The highest BCUT2D eigenvalue weighted by Gasteiger charge is 2.21. The molecular weight excluding hydrogens is 685 g/mol. The average molecular weight is 729 g/mol. The van der Waals surface area contributed by atoms with Gasteiger partial charge in [0.25, 0.3) is 0 Å². The number of rotatable bonds is 6. The normalized spacial score (nSPS) is 14.6. The first-order chi connectivity index (χ1) is 32.7. The summed E-state index contributed by atoms with van der Waals surface area (Å²) in [5.41, 5.74) is 4.09. The van der Waals surface area contributed by atoms with E-state index < -0.39 is 78.2 Å². The molecule has 5 heteroatoms. The lowest BCUT2D eigenvalue weighted by molar-refractivity contribution is 0.669. The Bertz CT molecular complexity index is 3920. The maximum Gasteiger partial charge on any atom is 0.164 e. The maximum atomic E-state index is 9.58. The average Bonchev–Trinajstić information content (AvgIpc) is 3.92. The van der Waals surface area contributed by atoms with E-state index in [0.29, 0.717) is 33.7 Å². The molecule has 0 saturated carbocycles. The van der Waals surface area contributed by atoms with Crippen LogP contribution in [0.5, 0.6) is 0 Å². The number of nitrogens with zero attached hydrogens (tertiary/aromatic N) is 4. The first kappa shape index (κ1) is 21.9. The molecule has 0 unspecified atom stereocenters. The molecular formula is C51H32N4O. The van der Waals surface area contributed by atoms with Crippen LogP contribution in [0.4, 0.5) is 0 Å². The van der Waals surface area contributed by atoms with E-state index in [1.807, 2.05) is 97.1 Å². The van der Waals surface area contributed by atoms with Crippen molar-refractivity contribution in [1.82, 2.24) is 19.5 Å². The number of hydrogen-bond donors (Lipinski definition) is 0. The molecule has 0 aliphatic rings. The number of furan rings is 1. The summed E-state index contributed by atoms with van der Waals surface area (Å²) in [5.74, 6) is 0.686. The maximum absolute atomic E-state index is 9.58. The second kappa shape index (κ2) is 13.0. The van der Waals surface area contributed by atoms with Crippen molar-refractivity contribution >= 4 is 43.7 Å². The van der Waals surface area contributed by atoms with E-state index in [0.717, 1.165) is 26.5 Å². The Kier molecular flexibility index (Phi) is 5.10. The van der Waals surface area contributed by atoms with E-state index in [-0.39, 0.29) is 44.6 Å². The molecule has 3 aromatic heterocycles. The SMILES string of the molecule is [2H]c1c([2H])c([2H])c(-n2c3c([2H])c([2H])c([2H])c([2H])c3c3c([2H])c([2H])c([2H])c(-c4ccccc4-c4nc(-c5ccc(-c6ccccc6)cc5)nc(-c5ccc6c(c5)oc5ccccc56)n4)c32)c([2H])c1[2H]. The third-order valence-corrected chi connectivity index (χ3v) is 9.88. The van der Waals surface area contributed by atoms with Crippen LogP contribution < -0.4 is 0 Å². The lowest BCUT2D eigenvalue weighted by Crippen LogP contribution is -2.01. The summed E-state index contributed by atoms with van der Waals surface area (Å²) in [6.07, 6.45) is 0. The van der Waals surface area contributed by atoms with E-state index in [2.05, 4.69) is 0 Å². The molecule has 8 aromatic carbocycles. The van der Waals surface area contributed by atoms with Gasteiger partial charge in [-0.1, -0.05) is 158 Å². The standard InChI is InChI=1S/C51H32N4O/c1-3-14-33(15-4-1)34-26-28-35(29-27-34)49-52-50(36-30-31-41-40-20-10-12-25-46(40)56-47(41)32-36)54-51(53-49)44-21-8-7-18-38(44)42-22-13-23-43-39-19-9-11-24-45(39)55(48(42)43)37-16-5-2-6-17-37/h1-32H/i2D,5D,6D,9D,11D,13D,16D,17D,19D,22D,23D,24D. The molecule has 0 amide bonds. The van der Waals surface area contributed by atoms with Crippen LogP contribution in [0, 0.1) is 0 Å². The molecule has 11 rings (SSSR count). The van der Waals surface area contributed by atoms with Gasteiger partial charge >= 0.3 is 0 Å². The van der Waals surface area contributed by atoms with Crippen LogP contribution in [0.25, 0.3) is 106 Å². The van der Waals surface area contributed by atoms with Crippen molar-refractivity contribution in [1.29, 1.82) is 0 Å². The van der Waals surface area contributed by atoms with Crippen LogP contribution in [0.1, 0.15) is 16.4 Å². The number of fused-ring (bicyclic) bond motifs is 6. The van der Waals surface area contributed by atoms with E-state index in [1.165, 1.54) is 0 Å². The van der Waals surface area contributed by atoms with Gasteiger partial charge in [0.2, 0.25) is 0 Å². The minimum Gasteiger partial charge on any atom is -0.456 e. The molecule has 3 heterocycles. The molecule has 0 fully saturated rings. The van der Waals surface area contributed by atoms with Crippen molar-refractivity contribution in [3.63, 3.8) is 0 Å². The van der Waals surface area contributed by atoms with E-state index >= 15 is 0 Å². The van der Waals surface area contributed by atoms with Gasteiger partial charge < -0.3 is 8.98 Å². The molecule has 0 aliphatic heterocycles. The fraction of sp³-hybridized carbons (Fsp3) is 0. The van der Waals surface area contributed by atoms with Gasteiger partial charge in [0.05, 0.1) is 27.5 Å². The summed E-state index contributed by atoms with van der Waals surface area (Å²) in [7, 11) is 0. The van der Waals surface area contributed by atoms with Gasteiger partial charge in [0.15, 0.2) is 17.5 Å². The predicted molar refractivity (Wildman–Crippen MR) is 229 cm³/mol. The lowest BCUT2D eigenvalue weighted by Gasteiger charge is -2.15. The topological polar surface area (TPSA) is 56.7 Å². The van der Waals surface area contributed by atoms with Crippen molar-refractivity contribution in [2.24, 2.45) is 0 Å². The zero-order valence-electron chi connectivity index (χ0n) is 41.2. The Morgan fingerprint density at radius 1 is 0.411 bits per heavy atom. The van der Waals surface area contributed by atoms with Gasteiger partial charge in [0.1, 0.15) is 11.2 Å². The molecule has 262 valence electrons. The Balaban J connectivity index is 1.23. The number of para-hydroxylation sites is 4. The van der Waals surface area contributed by atoms with Crippen LogP contribution in [0.3, 0.4) is 0 Å². The highest BCUT2D eigenvalue weighted by Crippen LogP contribution is 2.41. The Morgan fingerprint density at radius 2 is 1.04 bits per heavy atom. The quantitative estimate of drug-likeness (QED) is 0.171. The Morgan fingerprint density at radius 3 is 1.89 bits per heavy atom. The molecule has 0 radical (unpaired) electrons. The zero-order valence-corrected chi connectivity index (χ0v) is 29.2. The van der Waals surface area contributed by atoms with Crippen LogP contribution in [0.2, 0.25) is 0 Å². The number of hydrogen-bond acceptors (Lipinski definition) is 4. The van der Waals surface area contributed by atoms with Crippen molar-refractivity contribution < 1.29 is 20.9 Å². The highest BCUT2D eigenvalue weighted by molar-refractivity contribution is 6.14. The van der Waals surface area contributed by atoms with E-state index in [4.69, 9.17) is 31.7 Å². The molecule has 0 aliphatic carbocycles. The molecule has 0 spiro atoms. The minimum absolute atomic E-state index is 0.0732. The monoisotopic (exact) mass is 728 g/mol. The summed E-state index contributed by atoms with van der Waals surface area (Å²) in [6.45, 7) is 0. The molecule has 0 bridgehead atoms. The second-order valence-electron chi connectivity index (χ2n) is 13.1. The van der Waals surface area contributed by atoms with Crippen molar-refractivity contribution in [3.05, 3.63) is 194 Å². The van der Waals surface area contributed by atoms with Gasteiger partial charge in [-0.25, -0.2) is 15.0 Å².